The lowest BCUT2D eigenvalue weighted by atomic mass is 10.1. The lowest BCUT2D eigenvalue weighted by Gasteiger charge is -2.06. The molecule has 0 amide bonds. The van der Waals surface area contributed by atoms with Crippen LogP contribution in [-0.2, 0) is 19.6 Å². The largest absolute Gasteiger partial charge is 0.486 e. The van der Waals surface area contributed by atoms with Crippen molar-refractivity contribution in [3.63, 3.8) is 0 Å². The molecule has 0 saturated heterocycles. The number of nitrogens with zero attached hydrogens (tertiary/aromatic N) is 1. The number of rotatable bonds is 6. The van der Waals surface area contributed by atoms with Gasteiger partial charge in [0.05, 0.1) is 5.69 Å². The van der Waals surface area contributed by atoms with E-state index >= 15 is 0 Å². The minimum atomic E-state index is 0.546. The zero-order chi connectivity index (χ0) is 14.5. The van der Waals surface area contributed by atoms with E-state index in [2.05, 4.69) is 43.2 Å². The third-order valence-corrected chi connectivity index (χ3v) is 4.41. The van der Waals surface area contributed by atoms with E-state index in [1.54, 1.807) is 11.3 Å². The molecule has 4 heteroatoms. The normalized spacial score (nSPS) is 10.8. The fourth-order valence-electron chi connectivity index (χ4n) is 2.02. The maximum atomic E-state index is 5.85. The van der Waals surface area contributed by atoms with E-state index in [4.69, 9.17) is 4.74 Å². The van der Waals surface area contributed by atoms with E-state index in [0.717, 1.165) is 23.7 Å². The molecule has 0 bridgehead atoms. The van der Waals surface area contributed by atoms with Gasteiger partial charge in [-0.1, -0.05) is 13.0 Å². The van der Waals surface area contributed by atoms with Crippen molar-refractivity contribution in [1.82, 2.24) is 10.3 Å². The SMILES string of the molecule is CCc1nc(COc2ccc(C)c(C)c2)sc1CNC. The van der Waals surface area contributed by atoms with E-state index in [-0.39, 0.29) is 0 Å². The summed E-state index contributed by atoms with van der Waals surface area (Å²) in [5.74, 6) is 0.913. The molecule has 0 saturated carbocycles. The smallest absolute Gasteiger partial charge is 0.140 e. The Bertz CT molecular complexity index is 578. The van der Waals surface area contributed by atoms with Crippen LogP contribution in [0.2, 0.25) is 0 Å². The standard InChI is InChI=1S/C16H22N2OS/c1-5-14-15(9-17-4)20-16(18-14)10-19-13-7-6-11(2)12(3)8-13/h6-8,17H,5,9-10H2,1-4H3. The average Bonchev–Trinajstić information content (AvgIpc) is 2.83. The zero-order valence-electron chi connectivity index (χ0n) is 12.6. The third kappa shape index (κ3) is 3.58. The second-order valence-electron chi connectivity index (χ2n) is 4.90. The monoisotopic (exact) mass is 290 g/mol. The summed E-state index contributed by atoms with van der Waals surface area (Å²) in [4.78, 5) is 5.97. The van der Waals surface area contributed by atoms with E-state index in [1.165, 1.54) is 21.7 Å². The molecular formula is C16H22N2OS. The minimum Gasteiger partial charge on any atom is -0.486 e. The van der Waals surface area contributed by atoms with Gasteiger partial charge in [0.25, 0.3) is 0 Å². The Morgan fingerprint density at radius 1 is 1.25 bits per heavy atom. The molecule has 1 aromatic heterocycles. The Labute approximate surface area is 125 Å². The molecule has 0 aliphatic heterocycles. The van der Waals surface area contributed by atoms with E-state index < -0.39 is 0 Å². The Hall–Kier alpha value is -1.39. The molecule has 20 heavy (non-hydrogen) atoms. The zero-order valence-corrected chi connectivity index (χ0v) is 13.4. The third-order valence-electron chi connectivity index (χ3n) is 3.34. The molecule has 1 N–H and O–H groups in total. The molecule has 0 atom stereocenters. The maximum absolute atomic E-state index is 5.85. The van der Waals surface area contributed by atoms with Crippen LogP contribution in [0.1, 0.15) is 33.6 Å². The van der Waals surface area contributed by atoms with Crippen LogP contribution in [0.4, 0.5) is 0 Å². The van der Waals surface area contributed by atoms with Gasteiger partial charge in [0.15, 0.2) is 0 Å². The van der Waals surface area contributed by atoms with Gasteiger partial charge in [-0.15, -0.1) is 11.3 Å². The predicted octanol–water partition coefficient (Wildman–Crippen LogP) is 3.62. The van der Waals surface area contributed by atoms with Crippen LogP contribution in [0.15, 0.2) is 18.2 Å². The lowest BCUT2D eigenvalue weighted by Crippen LogP contribution is -2.05. The van der Waals surface area contributed by atoms with Crippen molar-refractivity contribution >= 4 is 11.3 Å². The second-order valence-corrected chi connectivity index (χ2v) is 6.06. The Balaban J connectivity index is 2.04. The quantitative estimate of drug-likeness (QED) is 0.882. The summed E-state index contributed by atoms with van der Waals surface area (Å²) < 4.78 is 5.85. The van der Waals surface area contributed by atoms with Gasteiger partial charge < -0.3 is 10.1 Å². The van der Waals surface area contributed by atoms with E-state index in [0.29, 0.717) is 6.61 Å². The first-order valence-electron chi connectivity index (χ1n) is 6.96. The topological polar surface area (TPSA) is 34.1 Å². The van der Waals surface area contributed by atoms with Gasteiger partial charge in [0, 0.05) is 11.4 Å². The summed E-state index contributed by atoms with van der Waals surface area (Å²) in [7, 11) is 1.96. The summed E-state index contributed by atoms with van der Waals surface area (Å²) in [5, 5.41) is 4.24. The maximum Gasteiger partial charge on any atom is 0.140 e. The first-order chi connectivity index (χ1) is 9.63. The van der Waals surface area contributed by atoms with Crippen molar-refractivity contribution in [1.29, 1.82) is 0 Å². The number of benzene rings is 1. The summed E-state index contributed by atoms with van der Waals surface area (Å²) >= 11 is 1.74. The fraction of sp³-hybridized carbons (Fsp3) is 0.438. The van der Waals surface area contributed by atoms with Crippen LogP contribution in [0.25, 0.3) is 0 Å². The van der Waals surface area contributed by atoms with Gasteiger partial charge in [-0.2, -0.15) is 0 Å². The highest BCUT2D eigenvalue weighted by Crippen LogP contribution is 2.22. The lowest BCUT2D eigenvalue weighted by molar-refractivity contribution is 0.305. The second kappa shape index (κ2) is 6.86. The summed E-state index contributed by atoms with van der Waals surface area (Å²) in [6.07, 6.45) is 0.969. The van der Waals surface area contributed by atoms with Crippen LogP contribution in [0.5, 0.6) is 5.75 Å². The van der Waals surface area contributed by atoms with Crippen molar-refractivity contribution in [3.05, 3.63) is 44.9 Å². The molecule has 108 valence electrons. The van der Waals surface area contributed by atoms with Crippen molar-refractivity contribution in [2.24, 2.45) is 0 Å². The van der Waals surface area contributed by atoms with Crippen molar-refractivity contribution in [2.75, 3.05) is 7.05 Å². The first kappa shape index (κ1) is 15.0. The predicted molar refractivity (Wildman–Crippen MR) is 84.5 cm³/mol. The molecule has 0 aliphatic carbocycles. The molecule has 0 fully saturated rings. The molecule has 1 aromatic carbocycles. The van der Waals surface area contributed by atoms with E-state index in [9.17, 15) is 0 Å². The average molecular weight is 290 g/mol. The number of hydrogen-bond acceptors (Lipinski definition) is 4. The molecule has 2 rings (SSSR count). The molecule has 0 unspecified atom stereocenters. The highest BCUT2D eigenvalue weighted by atomic mass is 32.1. The van der Waals surface area contributed by atoms with Crippen molar-refractivity contribution in [2.45, 2.75) is 40.3 Å². The van der Waals surface area contributed by atoms with Gasteiger partial charge in [0.2, 0.25) is 0 Å². The van der Waals surface area contributed by atoms with E-state index in [1.807, 2.05) is 13.1 Å². The van der Waals surface area contributed by atoms with Crippen molar-refractivity contribution < 1.29 is 4.74 Å². The molecule has 0 aliphatic rings. The van der Waals surface area contributed by atoms with Gasteiger partial charge >= 0.3 is 0 Å². The Kier molecular flexibility index (Phi) is 5.15. The summed E-state index contributed by atoms with van der Waals surface area (Å²) in [6, 6.07) is 6.19. The molecule has 0 spiro atoms. The van der Waals surface area contributed by atoms with Crippen molar-refractivity contribution in [3.8, 4) is 5.75 Å². The van der Waals surface area contributed by atoms with Gasteiger partial charge in [-0.25, -0.2) is 4.98 Å². The molecule has 0 radical (unpaired) electrons. The van der Waals surface area contributed by atoms with Crippen LogP contribution in [-0.4, -0.2) is 12.0 Å². The first-order valence-corrected chi connectivity index (χ1v) is 7.77. The fourth-order valence-corrected chi connectivity index (χ4v) is 3.10. The minimum absolute atomic E-state index is 0.546. The summed E-state index contributed by atoms with van der Waals surface area (Å²) in [6.45, 7) is 7.78. The molecule has 1 heterocycles. The van der Waals surface area contributed by atoms with Crippen LogP contribution in [0, 0.1) is 13.8 Å². The number of aryl methyl sites for hydroxylation is 3. The number of nitrogens with one attached hydrogen (secondary N) is 1. The highest BCUT2D eigenvalue weighted by molar-refractivity contribution is 7.11. The van der Waals surface area contributed by atoms with Crippen LogP contribution in [0.3, 0.4) is 0 Å². The number of ether oxygens (including phenoxy) is 1. The molecular weight excluding hydrogens is 268 g/mol. The number of hydrogen-bond donors (Lipinski definition) is 1. The van der Waals surface area contributed by atoms with Crippen LogP contribution >= 0.6 is 11.3 Å². The van der Waals surface area contributed by atoms with Gasteiger partial charge in [0.1, 0.15) is 17.4 Å². The highest BCUT2D eigenvalue weighted by Gasteiger charge is 2.09. The Morgan fingerprint density at radius 3 is 2.70 bits per heavy atom. The molecule has 3 nitrogen and oxygen atoms in total. The Morgan fingerprint density at radius 2 is 2.05 bits per heavy atom. The van der Waals surface area contributed by atoms with Gasteiger partial charge in [-0.3, -0.25) is 0 Å². The molecule has 2 aromatic rings. The van der Waals surface area contributed by atoms with Crippen LogP contribution < -0.4 is 10.1 Å². The summed E-state index contributed by atoms with van der Waals surface area (Å²) in [5.41, 5.74) is 3.73. The number of thiazole rings is 1. The van der Waals surface area contributed by atoms with Gasteiger partial charge in [-0.05, 0) is 50.6 Å². The number of aromatic nitrogens is 1.